The summed E-state index contributed by atoms with van der Waals surface area (Å²) in [6.45, 7) is 9.26. The molecule has 24 heavy (non-hydrogen) atoms. The van der Waals surface area contributed by atoms with Crippen LogP contribution >= 0.6 is 11.3 Å². The summed E-state index contributed by atoms with van der Waals surface area (Å²) in [6.07, 6.45) is 7.45. The highest BCUT2D eigenvalue weighted by atomic mass is 32.1. The first-order valence-electron chi connectivity index (χ1n) is 8.92. The third kappa shape index (κ3) is 4.65. The van der Waals surface area contributed by atoms with E-state index in [1.165, 1.54) is 35.3 Å². The Balaban J connectivity index is 1.61. The Morgan fingerprint density at radius 3 is 3.04 bits per heavy atom. The van der Waals surface area contributed by atoms with Crippen molar-refractivity contribution in [3.05, 3.63) is 52.0 Å². The minimum atomic E-state index is 0.302. The molecule has 1 atom stereocenters. The Bertz CT molecular complexity index is 628. The van der Waals surface area contributed by atoms with Crippen molar-refractivity contribution in [1.82, 2.24) is 9.88 Å². The van der Waals surface area contributed by atoms with Gasteiger partial charge < -0.3 is 4.74 Å². The van der Waals surface area contributed by atoms with E-state index in [1.54, 1.807) is 0 Å². The third-order valence-electron chi connectivity index (χ3n) is 4.95. The van der Waals surface area contributed by atoms with Crippen LogP contribution in [0.25, 0.3) is 0 Å². The lowest BCUT2D eigenvalue weighted by Crippen LogP contribution is -2.32. The van der Waals surface area contributed by atoms with Crippen LogP contribution in [0.2, 0.25) is 0 Å². The van der Waals surface area contributed by atoms with Crippen LogP contribution in [0.5, 0.6) is 0 Å². The zero-order valence-electron chi connectivity index (χ0n) is 14.8. The summed E-state index contributed by atoms with van der Waals surface area (Å²) in [6, 6.07) is 6.53. The highest BCUT2D eigenvalue weighted by Gasteiger charge is 2.38. The molecule has 1 unspecified atom stereocenters. The molecule has 1 aliphatic heterocycles. The Morgan fingerprint density at radius 1 is 1.42 bits per heavy atom. The molecular formula is C20H28N2OS. The molecule has 2 aromatic heterocycles. The van der Waals surface area contributed by atoms with E-state index >= 15 is 0 Å². The average Bonchev–Trinajstić information content (AvgIpc) is 3.19. The maximum absolute atomic E-state index is 5.88. The molecule has 0 radical (unpaired) electrons. The smallest absolute Gasteiger partial charge is 0.0535 e. The number of pyridine rings is 1. The highest BCUT2D eigenvalue weighted by molar-refractivity contribution is 7.10. The summed E-state index contributed by atoms with van der Waals surface area (Å²) in [5, 5.41) is 2.26. The zero-order chi connectivity index (χ0) is 16.8. The van der Waals surface area contributed by atoms with Crippen LogP contribution in [-0.4, -0.2) is 36.2 Å². The van der Waals surface area contributed by atoms with Crippen molar-refractivity contribution < 1.29 is 4.74 Å². The Morgan fingerprint density at radius 2 is 2.33 bits per heavy atom. The topological polar surface area (TPSA) is 25.4 Å². The van der Waals surface area contributed by atoms with Gasteiger partial charge >= 0.3 is 0 Å². The van der Waals surface area contributed by atoms with Gasteiger partial charge in [-0.25, -0.2) is 0 Å². The Labute approximate surface area is 149 Å². The Kier molecular flexibility index (Phi) is 6.04. The average molecular weight is 345 g/mol. The number of likely N-dealkylation sites (tertiary alicyclic amines) is 1. The fraction of sp³-hybridized carbons (Fsp3) is 0.550. The molecule has 0 amide bonds. The summed E-state index contributed by atoms with van der Waals surface area (Å²) >= 11 is 1.90. The standard InChI is InChI=1S/C20H28N2OS/c1-3-23-16-20(7-6-19-11-17(2)14-24-19)8-10-22(15-20)13-18-5-4-9-21-12-18/h4-5,9,11-12,14H,3,6-8,10,13,15-16H2,1-2H3. The van der Waals surface area contributed by atoms with Crippen molar-refractivity contribution >= 4 is 11.3 Å². The third-order valence-corrected chi connectivity index (χ3v) is 6.06. The van der Waals surface area contributed by atoms with E-state index < -0.39 is 0 Å². The molecule has 2 aromatic rings. The Hall–Kier alpha value is -1.23. The zero-order valence-corrected chi connectivity index (χ0v) is 15.6. The summed E-state index contributed by atoms with van der Waals surface area (Å²) in [5.74, 6) is 0. The summed E-state index contributed by atoms with van der Waals surface area (Å²) in [5.41, 5.74) is 2.99. The van der Waals surface area contributed by atoms with E-state index in [0.717, 1.165) is 32.8 Å². The fourth-order valence-corrected chi connectivity index (χ4v) is 4.51. The molecular weight excluding hydrogens is 316 g/mol. The molecule has 1 fully saturated rings. The number of nitrogens with zero attached hydrogens (tertiary/aromatic N) is 2. The van der Waals surface area contributed by atoms with Gasteiger partial charge in [0.2, 0.25) is 0 Å². The fourth-order valence-electron chi connectivity index (χ4n) is 3.64. The molecule has 4 heteroatoms. The minimum absolute atomic E-state index is 0.302. The summed E-state index contributed by atoms with van der Waals surface area (Å²) in [7, 11) is 0. The number of thiophene rings is 1. The minimum Gasteiger partial charge on any atom is -0.381 e. The quantitative estimate of drug-likeness (QED) is 0.713. The van der Waals surface area contributed by atoms with Crippen LogP contribution in [0.4, 0.5) is 0 Å². The van der Waals surface area contributed by atoms with Crippen molar-refractivity contribution in [1.29, 1.82) is 0 Å². The number of hydrogen-bond donors (Lipinski definition) is 0. The van der Waals surface area contributed by atoms with Crippen molar-refractivity contribution in [3.8, 4) is 0 Å². The van der Waals surface area contributed by atoms with Gasteiger partial charge in [-0.2, -0.15) is 0 Å². The van der Waals surface area contributed by atoms with E-state index in [4.69, 9.17) is 4.74 Å². The lowest BCUT2D eigenvalue weighted by molar-refractivity contribution is 0.0490. The van der Waals surface area contributed by atoms with Crippen LogP contribution in [0.1, 0.15) is 35.8 Å². The van der Waals surface area contributed by atoms with Gasteiger partial charge in [0, 0.05) is 42.4 Å². The molecule has 0 saturated carbocycles. The molecule has 0 N–H and O–H groups in total. The van der Waals surface area contributed by atoms with Crippen molar-refractivity contribution in [3.63, 3.8) is 0 Å². The monoisotopic (exact) mass is 344 g/mol. The maximum atomic E-state index is 5.88. The molecule has 0 aromatic carbocycles. The summed E-state index contributed by atoms with van der Waals surface area (Å²) in [4.78, 5) is 8.31. The number of aryl methyl sites for hydroxylation is 2. The van der Waals surface area contributed by atoms with E-state index in [9.17, 15) is 0 Å². The largest absolute Gasteiger partial charge is 0.381 e. The first-order chi connectivity index (χ1) is 11.7. The van der Waals surface area contributed by atoms with Crippen LogP contribution in [0, 0.1) is 12.3 Å². The maximum Gasteiger partial charge on any atom is 0.0535 e. The highest BCUT2D eigenvalue weighted by Crippen LogP contribution is 2.37. The molecule has 1 aliphatic rings. The molecule has 130 valence electrons. The molecule has 3 heterocycles. The van der Waals surface area contributed by atoms with Gasteiger partial charge in [0.05, 0.1) is 6.61 Å². The molecule has 3 nitrogen and oxygen atoms in total. The van der Waals surface area contributed by atoms with E-state index in [-0.39, 0.29) is 0 Å². The van der Waals surface area contributed by atoms with Gasteiger partial charge in [-0.1, -0.05) is 6.07 Å². The lowest BCUT2D eigenvalue weighted by Gasteiger charge is -2.29. The van der Waals surface area contributed by atoms with Gasteiger partial charge in [0.1, 0.15) is 0 Å². The number of hydrogen-bond acceptors (Lipinski definition) is 4. The molecule has 0 aliphatic carbocycles. The van der Waals surface area contributed by atoms with Crippen LogP contribution in [0.3, 0.4) is 0 Å². The van der Waals surface area contributed by atoms with E-state index in [0.29, 0.717) is 5.41 Å². The summed E-state index contributed by atoms with van der Waals surface area (Å²) < 4.78 is 5.88. The van der Waals surface area contributed by atoms with E-state index in [1.807, 2.05) is 29.8 Å². The second-order valence-corrected chi connectivity index (χ2v) is 8.05. The van der Waals surface area contributed by atoms with Crippen molar-refractivity contribution in [2.75, 3.05) is 26.3 Å². The first-order valence-corrected chi connectivity index (χ1v) is 9.80. The predicted molar refractivity (Wildman–Crippen MR) is 100 cm³/mol. The van der Waals surface area contributed by atoms with Gasteiger partial charge in [0.25, 0.3) is 0 Å². The second-order valence-electron chi connectivity index (χ2n) is 7.05. The SMILES string of the molecule is CCOCC1(CCc2cc(C)cs2)CCN(Cc2cccnc2)C1. The number of aromatic nitrogens is 1. The first kappa shape index (κ1) is 17.6. The van der Waals surface area contributed by atoms with Crippen molar-refractivity contribution in [2.24, 2.45) is 5.41 Å². The molecule has 0 bridgehead atoms. The predicted octanol–water partition coefficient (Wildman–Crippen LogP) is 4.31. The number of rotatable bonds is 8. The van der Waals surface area contributed by atoms with Gasteiger partial charge in [-0.05, 0) is 68.3 Å². The van der Waals surface area contributed by atoms with Gasteiger partial charge in [-0.15, -0.1) is 11.3 Å². The van der Waals surface area contributed by atoms with Gasteiger partial charge in [0.15, 0.2) is 0 Å². The molecule has 1 saturated heterocycles. The number of ether oxygens (including phenoxy) is 1. The van der Waals surface area contributed by atoms with E-state index in [2.05, 4.69) is 41.2 Å². The normalized spacial score (nSPS) is 21.4. The van der Waals surface area contributed by atoms with Crippen LogP contribution in [0.15, 0.2) is 36.0 Å². The van der Waals surface area contributed by atoms with Crippen LogP contribution < -0.4 is 0 Å². The van der Waals surface area contributed by atoms with Crippen LogP contribution in [-0.2, 0) is 17.7 Å². The van der Waals surface area contributed by atoms with Crippen molar-refractivity contribution in [2.45, 2.75) is 39.7 Å². The van der Waals surface area contributed by atoms with Gasteiger partial charge in [-0.3, -0.25) is 9.88 Å². The second kappa shape index (κ2) is 8.24. The lowest BCUT2D eigenvalue weighted by atomic mass is 9.83. The molecule has 0 spiro atoms. The molecule has 3 rings (SSSR count).